The number of nitrogens with zero attached hydrogens (tertiary/aromatic N) is 2. The van der Waals surface area contributed by atoms with E-state index in [0.29, 0.717) is 0 Å². The van der Waals surface area contributed by atoms with Gasteiger partial charge in [-0.15, -0.1) is 0 Å². The van der Waals surface area contributed by atoms with E-state index in [1.165, 1.54) is 132 Å². The summed E-state index contributed by atoms with van der Waals surface area (Å²) in [5.74, 6) is 0. The van der Waals surface area contributed by atoms with Crippen LogP contribution in [0.4, 0.5) is 22.7 Å². The molecule has 0 aliphatic rings. The lowest BCUT2D eigenvalue weighted by Crippen LogP contribution is -1.96. The van der Waals surface area contributed by atoms with E-state index in [1.54, 1.807) is 0 Å². The molecule has 0 saturated carbocycles. The van der Waals surface area contributed by atoms with Crippen molar-refractivity contribution in [1.29, 1.82) is 0 Å². The Bertz CT molecular complexity index is 4310. The molecule has 0 unspecified atom stereocenters. The van der Waals surface area contributed by atoms with Crippen LogP contribution >= 0.6 is 0 Å². The highest BCUT2D eigenvalue weighted by atomic mass is 15.0. The van der Waals surface area contributed by atoms with E-state index >= 15 is 0 Å². The first-order chi connectivity index (χ1) is 35.6. The lowest BCUT2D eigenvalue weighted by atomic mass is 9.89. The molecule has 0 saturated heterocycles. The zero-order valence-electron chi connectivity index (χ0n) is 39.8. The second-order valence-corrected chi connectivity index (χ2v) is 19.5. The lowest BCUT2D eigenvalue weighted by Gasteiger charge is -2.16. The average Bonchev–Trinajstić information content (AvgIpc) is 4.16. The quantitative estimate of drug-likeness (QED) is 0.159. The number of para-hydroxylation sites is 2. The molecule has 2 N–H and O–H groups in total. The van der Waals surface area contributed by atoms with Gasteiger partial charge in [0.15, 0.2) is 0 Å². The second-order valence-electron chi connectivity index (χ2n) is 19.5. The van der Waals surface area contributed by atoms with E-state index in [-0.39, 0.29) is 0 Å². The predicted molar refractivity (Wildman–Crippen MR) is 306 cm³/mol. The Morgan fingerprint density at radius 3 is 1.06 bits per heavy atom. The minimum atomic E-state index is 1.05. The molecule has 72 heavy (non-hydrogen) atoms. The summed E-state index contributed by atoms with van der Waals surface area (Å²) in [4.78, 5) is 0. The van der Waals surface area contributed by atoms with Crippen molar-refractivity contribution >= 4 is 98.9 Å². The SMILES string of the molecule is Cc1ccc(-c2ccccc2)cc1Nc1ccc2c3cccc4c5c(-c6ccccc6)c6c(c(-c7ccccc7)c5n(c2c1)c34)c1cccc2c3ccc(Nc4cc(-c5ccccc5)ccc4C)cc3n6c21. The Hall–Kier alpha value is -9.38. The van der Waals surface area contributed by atoms with Crippen molar-refractivity contribution in [2.24, 2.45) is 0 Å². The summed E-state index contributed by atoms with van der Waals surface area (Å²) in [6.45, 7) is 4.37. The largest absolute Gasteiger partial charge is 0.355 e. The normalized spacial score (nSPS) is 12.0. The van der Waals surface area contributed by atoms with Crippen molar-refractivity contribution in [2.75, 3.05) is 10.6 Å². The third kappa shape index (κ3) is 5.93. The monoisotopic (exact) mass is 918 g/mol. The molecule has 0 bridgehead atoms. The zero-order chi connectivity index (χ0) is 47.6. The number of anilines is 4. The fourth-order valence-corrected chi connectivity index (χ4v) is 12.1. The van der Waals surface area contributed by atoms with E-state index < -0.39 is 0 Å². The minimum absolute atomic E-state index is 1.05. The molecule has 0 amide bonds. The van der Waals surface area contributed by atoms with Crippen LogP contribution in [0.5, 0.6) is 0 Å². The van der Waals surface area contributed by atoms with Crippen molar-refractivity contribution in [3.63, 3.8) is 0 Å². The van der Waals surface area contributed by atoms with E-state index in [4.69, 9.17) is 0 Å². The van der Waals surface area contributed by atoms with Crippen molar-refractivity contribution in [3.05, 3.63) is 242 Å². The molecule has 15 rings (SSSR count). The summed E-state index contributed by atoms with van der Waals surface area (Å²) in [6, 6.07) is 84.7. The maximum Gasteiger partial charge on any atom is 0.0634 e. The molecule has 338 valence electrons. The summed E-state index contributed by atoms with van der Waals surface area (Å²) in [6.07, 6.45) is 0. The molecule has 4 heterocycles. The van der Waals surface area contributed by atoms with E-state index in [2.05, 4.69) is 264 Å². The van der Waals surface area contributed by atoms with Gasteiger partial charge in [0.1, 0.15) is 0 Å². The average molecular weight is 919 g/mol. The van der Waals surface area contributed by atoms with Crippen LogP contribution in [0.15, 0.2) is 231 Å². The maximum absolute atomic E-state index is 3.89. The molecular formula is C68H46N4. The molecule has 0 radical (unpaired) electrons. The summed E-state index contributed by atoms with van der Waals surface area (Å²) in [5, 5.41) is 17.8. The molecular weight excluding hydrogens is 873 g/mol. The number of aryl methyl sites for hydroxylation is 2. The van der Waals surface area contributed by atoms with Crippen LogP contribution < -0.4 is 10.6 Å². The first-order valence-electron chi connectivity index (χ1n) is 24.9. The lowest BCUT2D eigenvalue weighted by molar-refractivity contribution is 1.36. The van der Waals surface area contributed by atoms with Crippen molar-refractivity contribution in [3.8, 4) is 44.5 Å². The number of hydrogen-bond acceptors (Lipinski definition) is 2. The Kier molecular flexibility index (Phi) is 8.75. The Morgan fingerprint density at radius 2 is 0.653 bits per heavy atom. The number of benzene rings is 11. The minimum Gasteiger partial charge on any atom is -0.355 e. The van der Waals surface area contributed by atoms with Gasteiger partial charge in [-0.1, -0.05) is 194 Å². The molecule has 0 aliphatic heterocycles. The predicted octanol–water partition coefficient (Wildman–Crippen LogP) is 18.8. The van der Waals surface area contributed by atoms with Crippen LogP contribution in [0.25, 0.3) is 121 Å². The Balaban J connectivity index is 1.04. The van der Waals surface area contributed by atoms with E-state index in [9.17, 15) is 0 Å². The first kappa shape index (κ1) is 40.5. The van der Waals surface area contributed by atoms with Gasteiger partial charge >= 0.3 is 0 Å². The third-order valence-corrected chi connectivity index (χ3v) is 15.4. The summed E-state index contributed by atoms with van der Waals surface area (Å²) >= 11 is 0. The molecule has 0 fully saturated rings. The molecule has 0 atom stereocenters. The van der Waals surface area contributed by atoms with Gasteiger partial charge in [-0.3, -0.25) is 0 Å². The highest BCUT2D eigenvalue weighted by Crippen LogP contribution is 2.54. The van der Waals surface area contributed by atoms with Gasteiger partial charge in [-0.05, 0) is 94.8 Å². The van der Waals surface area contributed by atoms with Gasteiger partial charge in [0.2, 0.25) is 0 Å². The van der Waals surface area contributed by atoms with Gasteiger partial charge in [-0.25, -0.2) is 0 Å². The molecule has 0 spiro atoms. The zero-order valence-corrected chi connectivity index (χ0v) is 39.8. The van der Waals surface area contributed by atoms with Crippen LogP contribution in [-0.2, 0) is 0 Å². The summed E-state index contributed by atoms with van der Waals surface area (Å²) < 4.78 is 5.20. The van der Waals surface area contributed by atoms with Gasteiger partial charge in [0.25, 0.3) is 0 Å². The van der Waals surface area contributed by atoms with E-state index in [1.807, 2.05) is 0 Å². The van der Waals surface area contributed by atoms with Crippen molar-refractivity contribution in [1.82, 2.24) is 8.80 Å². The second kappa shape index (κ2) is 15.6. The summed E-state index contributed by atoms with van der Waals surface area (Å²) in [5.41, 5.74) is 23.6. The van der Waals surface area contributed by atoms with Crippen LogP contribution in [0.2, 0.25) is 0 Å². The fourth-order valence-electron chi connectivity index (χ4n) is 12.1. The van der Waals surface area contributed by atoms with Gasteiger partial charge < -0.3 is 19.4 Å². The van der Waals surface area contributed by atoms with Crippen LogP contribution in [-0.4, -0.2) is 8.80 Å². The van der Waals surface area contributed by atoms with E-state index in [0.717, 1.165) is 22.7 Å². The van der Waals surface area contributed by atoms with Crippen molar-refractivity contribution in [2.45, 2.75) is 13.8 Å². The standard InChI is InChI=1S/C68H46N4/c1-41-29-31-47(43-17-7-3-8-18-43)37-57(41)69-49-33-35-51-53-25-15-27-55-63-62(46-23-13-6-14-24-46)68-64(61(45-21-11-5-12-22-45)67(63)71(65(53)55)59(51)39-49)56-28-16-26-54-52-36-34-50(40-60(52)72(68)66(54)56)70-58-38-48(32-30-42(58)2)44-19-9-4-10-20-44/h3-40,69-70H,1-2H3. The number of aromatic nitrogens is 2. The molecule has 0 aliphatic carbocycles. The first-order valence-corrected chi connectivity index (χ1v) is 24.9. The van der Waals surface area contributed by atoms with Gasteiger partial charge in [0, 0.05) is 77.0 Å². The molecule has 4 heteroatoms. The Morgan fingerprint density at radius 1 is 0.278 bits per heavy atom. The van der Waals surface area contributed by atoms with Crippen molar-refractivity contribution < 1.29 is 0 Å². The third-order valence-electron chi connectivity index (χ3n) is 15.4. The smallest absolute Gasteiger partial charge is 0.0634 e. The van der Waals surface area contributed by atoms with Crippen LogP contribution in [0, 0.1) is 13.8 Å². The highest BCUT2D eigenvalue weighted by molar-refractivity contribution is 6.38. The molecule has 4 aromatic heterocycles. The molecule has 15 aromatic rings. The van der Waals surface area contributed by atoms with Crippen LogP contribution in [0.3, 0.4) is 0 Å². The van der Waals surface area contributed by atoms with Gasteiger partial charge in [-0.2, -0.15) is 0 Å². The number of hydrogen-bond donors (Lipinski definition) is 2. The highest BCUT2D eigenvalue weighted by Gasteiger charge is 2.30. The molecule has 4 nitrogen and oxygen atoms in total. The summed E-state index contributed by atoms with van der Waals surface area (Å²) in [7, 11) is 0. The fraction of sp³-hybridized carbons (Fsp3) is 0.0294. The van der Waals surface area contributed by atoms with Crippen LogP contribution in [0.1, 0.15) is 11.1 Å². The number of rotatable bonds is 8. The topological polar surface area (TPSA) is 32.9 Å². The molecule has 11 aromatic carbocycles. The Labute approximate surface area is 416 Å². The number of fused-ring (bicyclic) bond motifs is 12. The maximum atomic E-state index is 3.89. The number of nitrogens with one attached hydrogen (secondary N) is 2. The van der Waals surface area contributed by atoms with Gasteiger partial charge in [0.05, 0.1) is 33.1 Å².